The topological polar surface area (TPSA) is 125 Å². The van der Waals surface area contributed by atoms with Crippen LogP contribution in [0.15, 0.2) is 23.3 Å². The second-order valence-corrected chi connectivity index (χ2v) is 3.21. The van der Waals surface area contributed by atoms with Gasteiger partial charge in [-0.15, -0.1) is 0 Å². The van der Waals surface area contributed by atoms with Crippen molar-refractivity contribution in [3.8, 4) is 11.8 Å². The lowest BCUT2D eigenvalue weighted by molar-refractivity contribution is -0.385. The van der Waals surface area contributed by atoms with Crippen LogP contribution in [0.1, 0.15) is 12.0 Å². The minimum absolute atomic E-state index is 0.0972. The number of ether oxygens (including phenoxy) is 1. The normalized spacial score (nSPS) is 9.06. The summed E-state index contributed by atoms with van der Waals surface area (Å²) in [4.78, 5) is 12.7. The lowest BCUT2D eigenvalue weighted by atomic mass is 10.2. The van der Waals surface area contributed by atoms with Crippen molar-refractivity contribution in [2.45, 2.75) is 6.42 Å². The molecule has 0 N–H and O–H groups in total. The fourth-order valence-corrected chi connectivity index (χ4v) is 1.21. The van der Waals surface area contributed by atoms with Crippen LogP contribution in [-0.4, -0.2) is 18.1 Å². The number of nitro benzene ring substituents is 1. The van der Waals surface area contributed by atoms with Crippen molar-refractivity contribution in [1.82, 2.24) is 0 Å². The third kappa shape index (κ3) is 3.66. The van der Waals surface area contributed by atoms with E-state index in [1.165, 1.54) is 12.1 Å². The molecule has 8 nitrogen and oxygen atoms in total. The van der Waals surface area contributed by atoms with E-state index in [0.29, 0.717) is 6.42 Å². The van der Waals surface area contributed by atoms with E-state index < -0.39 is 4.92 Å². The Hall–Kier alpha value is -2.78. The Labute approximate surface area is 102 Å². The standard InChI is InChI=1S/C10H9N5O3/c11-7-8-2-3-10(9(6-8)15(16)17)18-5-1-4-13-14-12/h2-3,6H,1,4-5H2. The second kappa shape index (κ2) is 6.73. The fourth-order valence-electron chi connectivity index (χ4n) is 1.21. The van der Waals surface area contributed by atoms with Gasteiger partial charge in [0.05, 0.1) is 23.2 Å². The molecule has 0 aliphatic rings. The lowest BCUT2D eigenvalue weighted by Crippen LogP contribution is -2.02. The van der Waals surface area contributed by atoms with E-state index in [4.69, 9.17) is 15.5 Å². The van der Waals surface area contributed by atoms with Crippen LogP contribution in [0.4, 0.5) is 5.69 Å². The van der Waals surface area contributed by atoms with Crippen molar-refractivity contribution in [1.29, 1.82) is 5.26 Å². The van der Waals surface area contributed by atoms with E-state index in [9.17, 15) is 10.1 Å². The average molecular weight is 247 g/mol. The maximum atomic E-state index is 10.8. The largest absolute Gasteiger partial charge is 0.487 e. The van der Waals surface area contributed by atoms with Gasteiger partial charge in [0.2, 0.25) is 0 Å². The first kappa shape index (κ1) is 13.3. The first-order valence-electron chi connectivity index (χ1n) is 5.01. The molecule has 0 aliphatic carbocycles. The smallest absolute Gasteiger partial charge is 0.312 e. The van der Waals surface area contributed by atoms with Gasteiger partial charge >= 0.3 is 5.69 Å². The van der Waals surface area contributed by atoms with Gasteiger partial charge in [-0.05, 0) is 24.1 Å². The van der Waals surface area contributed by atoms with E-state index in [-0.39, 0.29) is 30.2 Å². The highest BCUT2D eigenvalue weighted by Crippen LogP contribution is 2.27. The second-order valence-electron chi connectivity index (χ2n) is 3.21. The van der Waals surface area contributed by atoms with Crippen LogP contribution in [0, 0.1) is 21.4 Å². The van der Waals surface area contributed by atoms with E-state index in [2.05, 4.69) is 10.0 Å². The number of hydrogen-bond donors (Lipinski definition) is 0. The molecule has 0 atom stereocenters. The molecule has 0 bridgehead atoms. The number of nitriles is 1. The van der Waals surface area contributed by atoms with Crippen LogP contribution < -0.4 is 4.74 Å². The molecule has 1 aromatic carbocycles. The summed E-state index contributed by atoms with van der Waals surface area (Å²) in [7, 11) is 0. The average Bonchev–Trinajstić information content (AvgIpc) is 2.38. The zero-order valence-corrected chi connectivity index (χ0v) is 9.31. The van der Waals surface area contributed by atoms with Crippen LogP contribution in [0.3, 0.4) is 0 Å². The molecule has 0 aliphatic heterocycles. The third-order valence-electron chi connectivity index (χ3n) is 2.01. The number of benzene rings is 1. The van der Waals surface area contributed by atoms with Crippen molar-refractivity contribution in [2.24, 2.45) is 5.11 Å². The summed E-state index contributed by atoms with van der Waals surface area (Å²) in [6.45, 7) is 0.465. The highest BCUT2D eigenvalue weighted by molar-refractivity contribution is 5.51. The van der Waals surface area contributed by atoms with E-state index in [1.807, 2.05) is 6.07 Å². The molecule has 0 amide bonds. The predicted octanol–water partition coefficient (Wildman–Crippen LogP) is 2.55. The van der Waals surface area contributed by atoms with Gasteiger partial charge in [-0.1, -0.05) is 5.11 Å². The maximum absolute atomic E-state index is 10.8. The van der Waals surface area contributed by atoms with Gasteiger partial charge < -0.3 is 4.74 Å². The Morgan fingerprint density at radius 2 is 2.39 bits per heavy atom. The van der Waals surface area contributed by atoms with Crippen LogP contribution in [0.5, 0.6) is 5.75 Å². The molecule has 1 rings (SSSR count). The third-order valence-corrected chi connectivity index (χ3v) is 2.01. The Morgan fingerprint density at radius 1 is 1.61 bits per heavy atom. The predicted molar refractivity (Wildman–Crippen MR) is 61.9 cm³/mol. The van der Waals surface area contributed by atoms with E-state index in [0.717, 1.165) is 6.07 Å². The van der Waals surface area contributed by atoms with Crippen LogP contribution in [-0.2, 0) is 0 Å². The molecule has 0 saturated carbocycles. The molecule has 1 aromatic rings. The van der Waals surface area contributed by atoms with Crippen molar-refractivity contribution < 1.29 is 9.66 Å². The quantitative estimate of drug-likeness (QED) is 0.191. The number of nitro groups is 1. The molecule has 0 unspecified atom stereocenters. The van der Waals surface area contributed by atoms with Gasteiger partial charge in [0.25, 0.3) is 0 Å². The summed E-state index contributed by atoms with van der Waals surface area (Å²) >= 11 is 0. The molecule has 0 saturated heterocycles. The van der Waals surface area contributed by atoms with Crippen molar-refractivity contribution in [3.05, 3.63) is 44.3 Å². The molecular weight excluding hydrogens is 238 g/mol. The SMILES string of the molecule is N#Cc1ccc(OCCCN=[N+]=[N-])c([N+](=O)[O-])c1. The molecular formula is C10H9N5O3. The van der Waals surface area contributed by atoms with Gasteiger partial charge in [0.1, 0.15) is 0 Å². The minimum atomic E-state index is -0.608. The maximum Gasteiger partial charge on any atom is 0.312 e. The van der Waals surface area contributed by atoms with Gasteiger partial charge in [-0.3, -0.25) is 10.1 Å². The van der Waals surface area contributed by atoms with E-state index >= 15 is 0 Å². The molecule has 0 aromatic heterocycles. The van der Waals surface area contributed by atoms with Gasteiger partial charge in [0, 0.05) is 17.5 Å². The number of nitrogens with zero attached hydrogens (tertiary/aromatic N) is 5. The molecule has 8 heteroatoms. The fraction of sp³-hybridized carbons (Fsp3) is 0.300. The summed E-state index contributed by atoms with van der Waals surface area (Å²) < 4.78 is 5.21. The summed E-state index contributed by atoms with van der Waals surface area (Å²) in [5.74, 6) is 0.0972. The highest BCUT2D eigenvalue weighted by atomic mass is 16.6. The van der Waals surface area contributed by atoms with Crippen LogP contribution in [0.25, 0.3) is 10.4 Å². The number of hydrogen-bond acceptors (Lipinski definition) is 5. The van der Waals surface area contributed by atoms with Gasteiger partial charge in [-0.2, -0.15) is 5.26 Å². The summed E-state index contributed by atoms with van der Waals surface area (Å²) in [6.07, 6.45) is 0.460. The monoisotopic (exact) mass is 247 g/mol. The Balaban J connectivity index is 2.73. The molecule has 18 heavy (non-hydrogen) atoms. The van der Waals surface area contributed by atoms with Crippen LogP contribution in [0.2, 0.25) is 0 Å². The highest BCUT2D eigenvalue weighted by Gasteiger charge is 2.15. The summed E-state index contributed by atoms with van der Waals surface area (Å²) in [5, 5.41) is 22.7. The molecule has 0 radical (unpaired) electrons. The van der Waals surface area contributed by atoms with Gasteiger partial charge in [0.15, 0.2) is 5.75 Å². The Kier molecular flexibility index (Phi) is 4.97. The number of azide groups is 1. The summed E-state index contributed by atoms with van der Waals surface area (Å²) in [5.41, 5.74) is 8.00. The Bertz CT molecular complexity index is 531. The van der Waals surface area contributed by atoms with Crippen LogP contribution >= 0.6 is 0 Å². The molecule has 0 spiro atoms. The molecule has 92 valence electrons. The first-order chi connectivity index (χ1) is 8.69. The van der Waals surface area contributed by atoms with Gasteiger partial charge in [-0.25, -0.2) is 0 Å². The minimum Gasteiger partial charge on any atom is -0.487 e. The van der Waals surface area contributed by atoms with E-state index in [1.54, 1.807) is 0 Å². The zero-order valence-electron chi connectivity index (χ0n) is 9.31. The molecule has 0 fully saturated rings. The zero-order chi connectivity index (χ0) is 13.4. The Morgan fingerprint density at radius 3 is 3.00 bits per heavy atom. The summed E-state index contributed by atoms with van der Waals surface area (Å²) in [6, 6.07) is 5.79. The first-order valence-corrected chi connectivity index (χ1v) is 5.01. The van der Waals surface area contributed by atoms with Crippen molar-refractivity contribution in [2.75, 3.05) is 13.2 Å². The lowest BCUT2D eigenvalue weighted by Gasteiger charge is -2.05. The van der Waals surface area contributed by atoms with Crippen molar-refractivity contribution >= 4 is 5.69 Å². The number of rotatable bonds is 6. The molecule has 0 heterocycles. The van der Waals surface area contributed by atoms with Crippen molar-refractivity contribution in [3.63, 3.8) is 0 Å².